The number of fused-ring (bicyclic) bond motifs is 3. The van der Waals surface area contributed by atoms with E-state index in [1.54, 1.807) is 33.8 Å². The van der Waals surface area contributed by atoms with Crippen LogP contribution in [0.3, 0.4) is 0 Å². The highest BCUT2D eigenvalue weighted by molar-refractivity contribution is 7.15. The normalized spacial score (nSPS) is 16.1. The molecule has 396 valence electrons. The fourth-order valence-electron chi connectivity index (χ4n) is 8.97. The molecule has 3 amide bonds. The average molecular weight is 1080 g/mol. The molecule has 2 aliphatic heterocycles. The first-order valence-electron chi connectivity index (χ1n) is 25.2. The van der Waals surface area contributed by atoms with Gasteiger partial charge in [0.2, 0.25) is 17.7 Å². The lowest BCUT2D eigenvalue weighted by molar-refractivity contribution is -0.144. The van der Waals surface area contributed by atoms with Crippen molar-refractivity contribution in [3.63, 3.8) is 0 Å². The third kappa shape index (κ3) is 13.7. The van der Waals surface area contributed by atoms with Crippen LogP contribution >= 0.6 is 34.3 Å². The maximum atomic E-state index is 14.0. The van der Waals surface area contributed by atoms with E-state index in [2.05, 4.69) is 54.2 Å². The first-order chi connectivity index (χ1) is 36.1. The molecule has 0 aliphatic carbocycles. The number of hydrogen-bond donors (Lipinski definition) is 2. The lowest BCUT2D eigenvalue weighted by Gasteiger charge is -2.35. The number of thiophene rings is 1. The highest BCUT2D eigenvalue weighted by Gasteiger charge is 2.42. The van der Waals surface area contributed by atoms with Crippen LogP contribution in [0.5, 0.6) is 0 Å². The molecule has 75 heavy (non-hydrogen) atoms. The van der Waals surface area contributed by atoms with Crippen LogP contribution in [0.25, 0.3) is 15.4 Å². The molecule has 1 saturated heterocycles. The maximum Gasteiger partial charge on any atom is 0.246 e. The van der Waals surface area contributed by atoms with E-state index in [0.29, 0.717) is 64.0 Å². The van der Waals surface area contributed by atoms with E-state index in [4.69, 9.17) is 35.5 Å². The Labute approximate surface area is 451 Å². The summed E-state index contributed by atoms with van der Waals surface area (Å²) >= 11 is 9.44. The number of rotatable bonds is 21. The number of likely N-dealkylation sites (tertiary alicyclic amines) is 1. The van der Waals surface area contributed by atoms with Gasteiger partial charge in [-0.15, -0.1) is 32.9 Å². The second-order valence-corrected chi connectivity index (χ2v) is 21.9. The number of amides is 3. The van der Waals surface area contributed by atoms with Gasteiger partial charge in [0.25, 0.3) is 0 Å². The molecule has 0 bridgehead atoms. The highest BCUT2D eigenvalue weighted by atomic mass is 35.5. The minimum absolute atomic E-state index is 0.187. The van der Waals surface area contributed by atoms with Gasteiger partial charge in [-0.2, -0.15) is 5.10 Å². The summed E-state index contributed by atoms with van der Waals surface area (Å²) < 4.78 is 26.5. The van der Waals surface area contributed by atoms with Crippen LogP contribution in [0, 0.1) is 38.0 Å². The van der Waals surface area contributed by atoms with Crippen molar-refractivity contribution < 1.29 is 33.3 Å². The Balaban J connectivity index is 0.697. The van der Waals surface area contributed by atoms with Gasteiger partial charge in [-0.1, -0.05) is 80.6 Å². The number of nitrogens with zero attached hydrogens (tertiary/aromatic N) is 8. The number of halogens is 1. The third-order valence-corrected chi connectivity index (χ3v) is 15.5. The van der Waals surface area contributed by atoms with E-state index in [-0.39, 0.29) is 43.7 Å². The molecule has 20 heteroatoms. The molecule has 1 fully saturated rings. The Morgan fingerprint density at radius 3 is 2.24 bits per heavy atom. The number of carbonyl (C=O) groups excluding carboxylic acids is 3. The van der Waals surface area contributed by atoms with Gasteiger partial charge in [0.15, 0.2) is 5.82 Å². The van der Waals surface area contributed by atoms with Crippen molar-refractivity contribution in [1.29, 1.82) is 0 Å². The summed E-state index contributed by atoms with van der Waals surface area (Å²) in [6.45, 7) is 18.9. The van der Waals surface area contributed by atoms with Gasteiger partial charge < -0.3 is 34.5 Å². The molecule has 2 aliphatic rings. The van der Waals surface area contributed by atoms with E-state index < -0.39 is 23.4 Å². The lowest BCUT2D eigenvalue weighted by atomic mass is 9.85. The predicted octanol–water partition coefficient (Wildman–Crippen LogP) is 8.00. The summed E-state index contributed by atoms with van der Waals surface area (Å²) in [7, 11) is 0. The number of ether oxygens (including phenoxy) is 4. The number of aliphatic imine (C=N–C) groups is 1. The molecule has 0 unspecified atom stereocenters. The first kappa shape index (κ1) is 55.1. The number of benzene rings is 2. The van der Waals surface area contributed by atoms with Crippen LogP contribution in [0.4, 0.5) is 0 Å². The van der Waals surface area contributed by atoms with Crippen molar-refractivity contribution >= 4 is 57.7 Å². The van der Waals surface area contributed by atoms with E-state index in [9.17, 15) is 14.4 Å². The third-order valence-electron chi connectivity index (χ3n) is 13.0. The molecular weight excluding hydrogens is 1010 g/mol. The summed E-state index contributed by atoms with van der Waals surface area (Å²) in [6.07, 6.45) is 4.90. The zero-order valence-electron chi connectivity index (χ0n) is 43.8. The SMILES string of the molecule is Cc1ncsc1-c1ccc([C@H](C)NC(=O)[C@@H]2CCCN2C(=O)[C@@H](NC(=O)COCCOCCOCCOCCn2cc(C#Cc3sc4c(c3C)C(c3ccc(Cl)cc3)=N[C@@H](C)c3nnc(C)n3-4)cn2)C(C)(C)C)cc1. The molecule has 4 atom stereocenters. The molecule has 2 aromatic carbocycles. The monoisotopic (exact) mass is 1080 g/mol. The molecule has 2 N–H and O–H groups in total. The fourth-order valence-corrected chi connectivity index (χ4v) is 11.1. The Bertz CT molecular complexity index is 3040. The van der Waals surface area contributed by atoms with Crippen LogP contribution < -0.4 is 10.6 Å². The molecule has 0 saturated carbocycles. The van der Waals surface area contributed by atoms with Crippen molar-refractivity contribution in [2.75, 3.05) is 59.4 Å². The first-order valence-corrected chi connectivity index (χ1v) is 27.3. The molecule has 0 spiro atoms. The van der Waals surface area contributed by atoms with Gasteiger partial charge in [-0.25, -0.2) is 4.98 Å². The quantitative estimate of drug-likeness (QED) is 0.0525. The van der Waals surface area contributed by atoms with Crippen molar-refractivity contribution in [2.45, 2.75) is 98.9 Å². The summed E-state index contributed by atoms with van der Waals surface area (Å²) in [4.78, 5) is 53.8. The topological polar surface area (TPSA) is 189 Å². The summed E-state index contributed by atoms with van der Waals surface area (Å²) in [5, 5.41) is 21.0. The molecule has 0 radical (unpaired) electrons. The van der Waals surface area contributed by atoms with Gasteiger partial charge in [-0.3, -0.25) is 28.6 Å². The summed E-state index contributed by atoms with van der Waals surface area (Å²) in [5.74, 6) is 7.35. The van der Waals surface area contributed by atoms with Crippen molar-refractivity contribution in [1.82, 2.24) is 45.1 Å². The van der Waals surface area contributed by atoms with Crippen molar-refractivity contribution in [3.8, 4) is 27.3 Å². The van der Waals surface area contributed by atoms with Crippen LogP contribution in [0.15, 0.2) is 71.4 Å². The molecule has 4 aromatic heterocycles. The van der Waals surface area contributed by atoms with Crippen LogP contribution in [-0.2, 0) is 39.9 Å². The molecular formula is C55H65ClN10O7S2. The molecule has 6 aromatic rings. The van der Waals surface area contributed by atoms with Crippen LogP contribution in [0.1, 0.15) is 110 Å². The number of thiazole rings is 1. The minimum atomic E-state index is -0.852. The molecule has 17 nitrogen and oxygen atoms in total. The average Bonchev–Trinajstić information content (AvgIpc) is 4.25. The number of nitrogens with one attached hydrogen (secondary N) is 2. The molecule has 6 heterocycles. The van der Waals surface area contributed by atoms with E-state index in [0.717, 1.165) is 71.2 Å². The van der Waals surface area contributed by atoms with Gasteiger partial charge in [0.1, 0.15) is 35.6 Å². The Morgan fingerprint density at radius 1 is 0.880 bits per heavy atom. The number of aryl methyl sites for hydroxylation is 2. The smallest absolute Gasteiger partial charge is 0.246 e. The van der Waals surface area contributed by atoms with E-state index >= 15 is 0 Å². The van der Waals surface area contributed by atoms with Gasteiger partial charge in [0, 0.05) is 28.9 Å². The number of hydrogen-bond acceptors (Lipinski definition) is 14. The van der Waals surface area contributed by atoms with E-state index in [1.165, 1.54) is 0 Å². The van der Waals surface area contributed by atoms with Gasteiger partial charge in [-0.05, 0) is 81.7 Å². The van der Waals surface area contributed by atoms with Gasteiger partial charge >= 0.3 is 0 Å². The zero-order chi connectivity index (χ0) is 53.2. The van der Waals surface area contributed by atoms with Gasteiger partial charge in [0.05, 0.1) is 97.3 Å². The zero-order valence-corrected chi connectivity index (χ0v) is 46.2. The second-order valence-electron chi connectivity index (χ2n) is 19.6. The molecule has 8 rings (SSSR count). The van der Waals surface area contributed by atoms with E-state index in [1.807, 2.05) is 113 Å². The Morgan fingerprint density at radius 2 is 1.56 bits per heavy atom. The lowest BCUT2D eigenvalue weighted by Crippen LogP contribution is -2.58. The van der Waals surface area contributed by atoms with Crippen molar-refractivity contribution in [2.24, 2.45) is 10.4 Å². The summed E-state index contributed by atoms with van der Waals surface area (Å²) in [5.41, 5.74) is 8.94. The number of aromatic nitrogens is 6. The number of carbonyl (C=O) groups is 3. The summed E-state index contributed by atoms with van der Waals surface area (Å²) in [6, 6.07) is 13.9. The van der Waals surface area contributed by atoms with Crippen molar-refractivity contribution in [3.05, 3.63) is 121 Å². The largest absolute Gasteiger partial charge is 0.377 e. The fraction of sp³-hybridized carbons (Fsp3) is 0.455. The minimum Gasteiger partial charge on any atom is -0.377 e. The standard InChI is InChI=1S/C55H65ClN10O7S2/c1-34-45(75-54-47(34)48(41-16-18-43(56)19-17-41)59-37(4)51-63-62-38(5)66(51)54)20-11-39-30-58-64(31-39)22-23-70-24-25-71-26-27-72-28-29-73-32-46(67)61-50(55(6,7)8)53(69)65-21-9-10-44(65)52(68)60-35(2)40-12-14-42(15-13-40)49-36(3)57-33-74-49/h12-19,30-31,33,35,37,44,50H,9-10,21-29,32H2,1-8H3,(H,60,68)(H,61,67)/t35-,37-,44-,50+/m0/s1. The maximum absolute atomic E-state index is 14.0. The van der Waals surface area contributed by atoms with Crippen LogP contribution in [-0.4, -0.2) is 129 Å². The highest BCUT2D eigenvalue weighted by Crippen LogP contribution is 2.39. The second kappa shape index (κ2) is 25.2. The Kier molecular flexibility index (Phi) is 18.5. The predicted molar refractivity (Wildman–Crippen MR) is 291 cm³/mol. The Hall–Kier alpha value is -6.11. The van der Waals surface area contributed by atoms with Crippen LogP contribution in [0.2, 0.25) is 5.02 Å².